The van der Waals surface area contributed by atoms with Gasteiger partial charge < -0.3 is 10.6 Å². The van der Waals surface area contributed by atoms with Gasteiger partial charge in [-0.15, -0.1) is 0 Å². The summed E-state index contributed by atoms with van der Waals surface area (Å²) in [5, 5.41) is 15.2. The molecule has 0 aliphatic rings. The van der Waals surface area contributed by atoms with E-state index in [9.17, 15) is 10.1 Å². The summed E-state index contributed by atoms with van der Waals surface area (Å²) >= 11 is 0. The lowest BCUT2D eigenvalue weighted by Crippen LogP contribution is -2.30. The minimum Gasteiger partial charge on any atom is -0.338 e. The molecule has 0 aliphatic heterocycles. The highest BCUT2D eigenvalue weighted by Gasteiger charge is 2.07. The second kappa shape index (κ2) is 10.7. The van der Waals surface area contributed by atoms with Crippen LogP contribution in [-0.2, 0) is 12.8 Å². The second-order valence-electron chi connectivity index (χ2n) is 7.03. The van der Waals surface area contributed by atoms with Gasteiger partial charge in [-0.1, -0.05) is 42.0 Å². The monoisotopic (exact) mass is 410 g/mol. The lowest BCUT2D eigenvalue weighted by atomic mass is 10.1. The Morgan fingerprint density at radius 3 is 2.71 bits per heavy atom. The summed E-state index contributed by atoms with van der Waals surface area (Å²) < 4.78 is 0. The lowest BCUT2D eigenvalue weighted by molar-refractivity contribution is 0.252. The fraction of sp³-hybridized carbons (Fsp3) is 0.160. The van der Waals surface area contributed by atoms with E-state index >= 15 is 0 Å². The third-order valence-corrected chi connectivity index (χ3v) is 4.67. The van der Waals surface area contributed by atoms with Gasteiger partial charge in [-0.05, 0) is 61.6 Å². The largest absolute Gasteiger partial charge is 0.338 e. The molecule has 155 valence electrons. The van der Waals surface area contributed by atoms with E-state index in [4.69, 9.17) is 0 Å². The van der Waals surface area contributed by atoms with Crippen LogP contribution in [0.3, 0.4) is 0 Å². The summed E-state index contributed by atoms with van der Waals surface area (Å²) in [6.45, 7) is 6.41. The molecule has 3 rings (SSSR count). The molecule has 2 N–H and O–H groups in total. The highest BCUT2D eigenvalue weighted by molar-refractivity contribution is 5.90. The maximum absolute atomic E-state index is 12.3. The maximum Gasteiger partial charge on any atom is 0.319 e. The van der Waals surface area contributed by atoms with E-state index < -0.39 is 0 Å². The Morgan fingerprint density at radius 1 is 1.16 bits per heavy atom. The zero-order valence-corrected chi connectivity index (χ0v) is 17.4. The number of allylic oxidation sites excluding steroid dienone is 1. The molecule has 0 saturated heterocycles. The molecule has 0 spiro atoms. The van der Waals surface area contributed by atoms with E-state index in [-0.39, 0.29) is 6.03 Å². The smallest absolute Gasteiger partial charge is 0.319 e. The van der Waals surface area contributed by atoms with Crippen LogP contribution in [0.15, 0.2) is 60.9 Å². The number of nitrogens with zero attached hydrogens (tertiary/aromatic N) is 3. The summed E-state index contributed by atoms with van der Waals surface area (Å²) in [5.74, 6) is 0.395. The quantitative estimate of drug-likeness (QED) is 0.558. The van der Waals surface area contributed by atoms with Crippen molar-refractivity contribution in [1.82, 2.24) is 15.3 Å². The van der Waals surface area contributed by atoms with Crippen LogP contribution in [0.25, 0.3) is 11.6 Å². The number of hydrogen-bond donors (Lipinski definition) is 2. The number of aryl methyl sites for hydroxylation is 1. The highest BCUT2D eigenvalue weighted by Crippen LogP contribution is 2.18. The molecule has 3 aromatic rings. The summed E-state index contributed by atoms with van der Waals surface area (Å²) in [5.41, 5.74) is 5.24. The molecular formula is C25H24N5O. The number of nitrogens with one attached hydrogen (secondary N) is 2. The molecular weight excluding hydrogens is 386 g/mol. The van der Waals surface area contributed by atoms with Crippen molar-refractivity contribution in [2.75, 3.05) is 11.9 Å². The standard InChI is InChI=1S/C25H24N5O/c1-3-21-14-18(2)8-9-23(21)30-25(31)29-13-10-19-6-4-7-20(15-19)16-22(17-26)24-27-11-5-12-28-24/h4-9,11-12,14-16H,1,3,10,13H2,2H3,(H2,29,30,31). The van der Waals surface area contributed by atoms with E-state index in [0.717, 1.165) is 27.9 Å². The zero-order valence-electron chi connectivity index (χ0n) is 17.4. The van der Waals surface area contributed by atoms with Crippen molar-refractivity contribution < 1.29 is 4.79 Å². The Balaban J connectivity index is 1.59. The van der Waals surface area contributed by atoms with Crippen molar-refractivity contribution in [3.63, 3.8) is 0 Å². The van der Waals surface area contributed by atoms with Crippen molar-refractivity contribution in [3.05, 3.63) is 95.9 Å². The first kappa shape index (κ1) is 21.7. The molecule has 0 aliphatic carbocycles. The Labute approximate surface area is 182 Å². The van der Waals surface area contributed by atoms with Gasteiger partial charge in [0.15, 0.2) is 5.82 Å². The molecule has 1 aromatic heterocycles. The van der Waals surface area contributed by atoms with E-state index in [0.29, 0.717) is 30.8 Å². The van der Waals surface area contributed by atoms with Gasteiger partial charge in [0, 0.05) is 24.6 Å². The highest BCUT2D eigenvalue weighted by atomic mass is 16.2. The zero-order chi connectivity index (χ0) is 22.1. The fourth-order valence-corrected chi connectivity index (χ4v) is 3.13. The molecule has 1 heterocycles. The molecule has 0 atom stereocenters. The normalized spacial score (nSPS) is 10.9. The predicted octanol–water partition coefficient (Wildman–Crippen LogP) is 4.59. The van der Waals surface area contributed by atoms with Crippen molar-refractivity contribution in [3.8, 4) is 6.07 Å². The lowest BCUT2D eigenvalue weighted by Gasteiger charge is -2.12. The average molecular weight is 411 g/mol. The van der Waals surface area contributed by atoms with Gasteiger partial charge in [-0.3, -0.25) is 0 Å². The van der Waals surface area contributed by atoms with Gasteiger partial charge in [0.1, 0.15) is 6.07 Å². The minimum absolute atomic E-state index is 0.248. The number of hydrogen-bond acceptors (Lipinski definition) is 4. The summed E-state index contributed by atoms with van der Waals surface area (Å²) in [4.78, 5) is 20.5. The van der Waals surface area contributed by atoms with Gasteiger partial charge in [0.25, 0.3) is 0 Å². The third kappa shape index (κ3) is 6.25. The molecule has 0 saturated carbocycles. The Morgan fingerprint density at radius 2 is 1.97 bits per heavy atom. The minimum atomic E-state index is -0.248. The first-order chi connectivity index (χ1) is 15.1. The van der Waals surface area contributed by atoms with Crippen LogP contribution in [0.1, 0.15) is 28.1 Å². The number of urea groups is 1. The Bertz CT molecular complexity index is 1120. The van der Waals surface area contributed by atoms with Gasteiger partial charge in [-0.25, -0.2) is 14.8 Å². The Hall–Kier alpha value is -3.98. The number of rotatable bonds is 7. The van der Waals surface area contributed by atoms with Gasteiger partial charge in [-0.2, -0.15) is 5.26 Å². The second-order valence-corrected chi connectivity index (χ2v) is 7.03. The maximum atomic E-state index is 12.3. The SMILES string of the molecule is [CH2]Cc1cc(C)ccc1NC(=O)NCCc1cccc(C=C(C#N)c2ncccn2)c1. The molecule has 6 nitrogen and oxygen atoms in total. The van der Waals surface area contributed by atoms with Crippen molar-refractivity contribution in [2.45, 2.75) is 19.8 Å². The molecule has 0 unspecified atom stereocenters. The van der Waals surface area contributed by atoms with Gasteiger partial charge >= 0.3 is 6.03 Å². The first-order valence-electron chi connectivity index (χ1n) is 10.0. The average Bonchev–Trinajstić information content (AvgIpc) is 2.79. The van der Waals surface area contributed by atoms with Crippen molar-refractivity contribution in [2.24, 2.45) is 0 Å². The van der Waals surface area contributed by atoms with Crippen LogP contribution in [0.4, 0.5) is 10.5 Å². The molecule has 6 heteroatoms. The summed E-state index contributed by atoms with van der Waals surface area (Å²) in [6, 6.07) is 17.3. The number of nitriles is 1. The molecule has 2 amide bonds. The topological polar surface area (TPSA) is 90.7 Å². The third-order valence-electron chi connectivity index (χ3n) is 4.67. The van der Waals surface area contributed by atoms with Crippen LogP contribution < -0.4 is 10.6 Å². The van der Waals surface area contributed by atoms with Gasteiger partial charge in [0.2, 0.25) is 0 Å². The summed E-state index contributed by atoms with van der Waals surface area (Å²) in [6.07, 6.45) is 6.25. The van der Waals surface area contributed by atoms with Crippen LogP contribution in [0, 0.1) is 25.2 Å². The van der Waals surface area contributed by atoms with E-state index in [1.54, 1.807) is 24.5 Å². The predicted molar refractivity (Wildman–Crippen MR) is 123 cm³/mol. The van der Waals surface area contributed by atoms with Crippen molar-refractivity contribution in [1.29, 1.82) is 5.26 Å². The molecule has 2 aromatic carbocycles. The van der Waals surface area contributed by atoms with Crippen LogP contribution in [0.5, 0.6) is 0 Å². The number of anilines is 1. The summed E-state index contributed by atoms with van der Waals surface area (Å²) in [7, 11) is 0. The molecule has 0 bridgehead atoms. The van der Waals surface area contributed by atoms with Crippen LogP contribution in [-0.4, -0.2) is 22.5 Å². The van der Waals surface area contributed by atoms with E-state index in [2.05, 4.69) is 33.6 Å². The van der Waals surface area contributed by atoms with E-state index in [1.807, 2.05) is 49.4 Å². The van der Waals surface area contributed by atoms with Crippen molar-refractivity contribution >= 4 is 23.4 Å². The number of aromatic nitrogens is 2. The number of amides is 2. The molecule has 0 fully saturated rings. The number of carbonyl (C=O) groups excluding carboxylic acids is 1. The van der Waals surface area contributed by atoms with Crippen LogP contribution >= 0.6 is 0 Å². The number of carbonyl (C=O) groups is 1. The number of benzene rings is 2. The van der Waals surface area contributed by atoms with Gasteiger partial charge in [0.05, 0.1) is 5.57 Å². The Kier molecular flexibility index (Phi) is 7.50. The fourth-order valence-electron chi connectivity index (χ4n) is 3.13. The molecule has 1 radical (unpaired) electrons. The first-order valence-corrected chi connectivity index (χ1v) is 10.0. The van der Waals surface area contributed by atoms with Crippen LogP contribution in [0.2, 0.25) is 0 Å². The van der Waals surface area contributed by atoms with E-state index in [1.165, 1.54) is 0 Å². The molecule has 31 heavy (non-hydrogen) atoms.